The van der Waals surface area contributed by atoms with E-state index in [9.17, 15) is 14.7 Å². The molecule has 0 aliphatic carbocycles. The monoisotopic (exact) mass is 307 g/mol. The Bertz CT molecular complexity index is 707. The summed E-state index contributed by atoms with van der Waals surface area (Å²) < 4.78 is 10.6. The lowest BCUT2D eigenvalue weighted by Crippen LogP contribution is -2.15. The number of carbonyl (C=O) groups excluding carboxylic acids is 1. The Morgan fingerprint density at radius 2 is 2.24 bits per heavy atom. The molecule has 7 heteroatoms. The fraction of sp³-hybridized carbons (Fsp3) is 0.143. The molecule has 0 atom stereocenters. The summed E-state index contributed by atoms with van der Waals surface area (Å²) in [5, 5.41) is 12.3. The molecule has 0 saturated heterocycles. The van der Waals surface area contributed by atoms with Crippen LogP contribution in [0.1, 0.15) is 9.67 Å². The topological polar surface area (TPSA) is 84.9 Å². The normalized spacial score (nSPS) is 10.1. The van der Waals surface area contributed by atoms with Crippen molar-refractivity contribution in [2.75, 3.05) is 19.0 Å². The lowest BCUT2D eigenvalue weighted by Gasteiger charge is -2.06. The highest BCUT2D eigenvalue weighted by atomic mass is 32.1. The van der Waals surface area contributed by atoms with Crippen LogP contribution in [0.5, 0.6) is 5.75 Å². The molecule has 2 N–H and O–H groups in total. The highest BCUT2D eigenvalue weighted by Crippen LogP contribution is 2.37. The van der Waals surface area contributed by atoms with Crippen molar-refractivity contribution in [3.63, 3.8) is 0 Å². The lowest BCUT2D eigenvalue weighted by molar-refractivity contribution is 0.0703. The molecule has 1 aromatic heterocycles. The Morgan fingerprint density at radius 1 is 1.48 bits per heavy atom. The predicted octanol–water partition coefficient (Wildman–Crippen LogP) is 3.34. The van der Waals surface area contributed by atoms with Gasteiger partial charge >= 0.3 is 12.1 Å². The molecule has 0 radical (unpaired) electrons. The fourth-order valence-corrected chi connectivity index (χ4v) is 2.78. The van der Waals surface area contributed by atoms with Gasteiger partial charge in [0.2, 0.25) is 0 Å². The van der Waals surface area contributed by atoms with Crippen molar-refractivity contribution in [2.45, 2.75) is 0 Å². The average Bonchev–Trinajstić information content (AvgIpc) is 2.83. The number of benzene rings is 1. The summed E-state index contributed by atoms with van der Waals surface area (Å²) in [6.45, 7) is 3.48. The van der Waals surface area contributed by atoms with Gasteiger partial charge in [0.15, 0.2) is 0 Å². The molecule has 1 aromatic carbocycles. The third kappa shape index (κ3) is 3.14. The number of ether oxygens (including phenoxy) is 2. The van der Waals surface area contributed by atoms with E-state index in [-0.39, 0.29) is 17.2 Å². The first kappa shape index (κ1) is 14.9. The first-order valence-electron chi connectivity index (χ1n) is 5.95. The molecule has 2 aromatic rings. The van der Waals surface area contributed by atoms with Gasteiger partial charge in [-0.2, -0.15) is 0 Å². The summed E-state index contributed by atoms with van der Waals surface area (Å²) in [6.07, 6.45) is 0.696. The first-order valence-corrected chi connectivity index (χ1v) is 6.77. The maximum absolute atomic E-state index is 11.6. The number of carboxylic acid groups (broad SMARTS) is 1. The third-order valence-electron chi connectivity index (χ3n) is 2.65. The number of anilines is 1. The number of amides is 1. The molecule has 0 unspecified atom stereocenters. The van der Waals surface area contributed by atoms with Gasteiger partial charge < -0.3 is 14.6 Å². The van der Waals surface area contributed by atoms with Gasteiger partial charge in [0.25, 0.3) is 0 Å². The number of fused-ring (bicyclic) bond motifs is 1. The van der Waals surface area contributed by atoms with Crippen molar-refractivity contribution >= 4 is 39.2 Å². The van der Waals surface area contributed by atoms with Crippen molar-refractivity contribution in [1.82, 2.24) is 0 Å². The Kier molecular flexibility index (Phi) is 4.44. The third-order valence-corrected chi connectivity index (χ3v) is 3.79. The summed E-state index contributed by atoms with van der Waals surface area (Å²) in [5.41, 5.74) is 0.221. The molecule has 0 aliphatic heterocycles. The van der Waals surface area contributed by atoms with Crippen molar-refractivity contribution in [1.29, 1.82) is 0 Å². The minimum absolute atomic E-state index is 0.0359. The van der Waals surface area contributed by atoms with Gasteiger partial charge in [0.1, 0.15) is 17.2 Å². The molecule has 0 aliphatic rings. The zero-order valence-corrected chi connectivity index (χ0v) is 12.0. The second-order valence-electron chi connectivity index (χ2n) is 3.99. The van der Waals surface area contributed by atoms with Crippen LogP contribution in [0, 0.1) is 0 Å². The number of hydrogen-bond acceptors (Lipinski definition) is 5. The molecule has 0 fully saturated rings. The summed E-state index contributed by atoms with van der Waals surface area (Å²) in [5.74, 6) is -0.504. The van der Waals surface area contributed by atoms with Crippen molar-refractivity contribution in [2.24, 2.45) is 0 Å². The van der Waals surface area contributed by atoms with Gasteiger partial charge in [-0.05, 0) is 18.2 Å². The quantitative estimate of drug-likeness (QED) is 0.827. The highest BCUT2D eigenvalue weighted by Gasteiger charge is 2.20. The van der Waals surface area contributed by atoms with Crippen molar-refractivity contribution < 1.29 is 24.2 Å². The van der Waals surface area contributed by atoms with E-state index in [2.05, 4.69) is 11.9 Å². The van der Waals surface area contributed by atoms with Gasteiger partial charge in [-0.3, -0.25) is 5.32 Å². The second kappa shape index (κ2) is 6.27. The molecular weight excluding hydrogens is 294 g/mol. The van der Waals surface area contributed by atoms with Crippen LogP contribution in [-0.4, -0.2) is 30.9 Å². The van der Waals surface area contributed by atoms with Crippen molar-refractivity contribution in [3.05, 3.63) is 35.7 Å². The number of carbonyl (C=O) groups is 2. The molecule has 21 heavy (non-hydrogen) atoms. The van der Waals surface area contributed by atoms with Crippen LogP contribution in [0.2, 0.25) is 0 Å². The van der Waals surface area contributed by atoms with E-state index in [1.54, 1.807) is 18.2 Å². The molecule has 6 nitrogen and oxygen atoms in total. The molecule has 0 spiro atoms. The molecule has 1 amide bonds. The number of aromatic carboxylic acids is 1. The minimum atomic E-state index is -1.12. The Balaban J connectivity index is 2.44. The van der Waals surface area contributed by atoms with E-state index in [0.29, 0.717) is 15.8 Å². The molecule has 110 valence electrons. The van der Waals surface area contributed by atoms with Gasteiger partial charge in [-0.1, -0.05) is 12.7 Å². The zero-order chi connectivity index (χ0) is 15.4. The summed E-state index contributed by atoms with van der Waals surface area (Å²) in [6, 6.07) is 5.11. The number of carboxylic acids is 1. The Morgan fingerprint density at radius 3 is 2.86 bits per heavy atom. The summed E-state index contributed by atoms with van der Waals surface area (Å²) >= 11 is 1.06. The maximum Gasteiger partial charge on any atom is 0.412 e. The van der Waals surface area contributed by atoms with Crippen molar-refractivity contribution in [3.8, 4) is 5.75 Å². The SMILES string of the molecule is C=CCOC(=O)Nc1c(C(=O)O)sc2cc(OC)ccc12. The zero-order valence-electron chi connectivity index (χ0n) is 11.2. The standard InChI is InChI=1S/C14H13NO5S/c1-3-6-20-14(18)15-11-9-5-4-8(19-2)7-10(9)21-12(11)13(16)17/h3-5,7H,1,6H2,2H3,(H,15,18)(H,16,17). The molecule has 0 saturated carbocycles. The summed E-state index contributed by atoms with van der Waals surface area (Å²) in [7, 11) is 1.53. The van der Waals surface area contributed by atoms with E-state index in [4.69, 9.17) is 9.47 Å². The van der Waals surface area contributed by atoms with Gasteiger partial charge in [0.05, 0.1) is 12.8 Å². The van der Waals surface area contributed by atoms with Crippen LogP contribution in [0.25, 0.3) is 10.1 Å². The summed E-state index contributed by atoms with van der Waals surface area (Å²) in [4.78, 5) is 23.0. The van der Waals surface area contributed by atoms with Crippen LogP contribution in [-0.2, 0) is 4.74 Å². The van der Waals surface area contributed by atoms with Crippen LogP contribution in [0.4, 0.5) is 10.5 Å². The van der Waals surface area contributed by atoms with E-state index in [0.717, 1.165) is 11.3 Å². The lowest BCUT2D eigenvalue weighted by atomic mass is 10.2. The number of methoxy groups -OCH3 is 1. The second-order valence-corrected chi connectivity index (χ2v) is 5.04. The van der Waals surface area contributed by atoms with Crippen LogP contribution in [0.3, 0.4) is 0 Å². The minimum Gasteiger partial charge on any atom is -0.497 e. The van der Waals surface area contributed by atoms with Gasteiger partial charge in [0, 0.05) is 10.1 Å². The number of rotatable bonds is 5. The van der Waals surface area contributed by atoms with Crippen LogP contribution >= 0.6 is 11.3 Å². The molecule has 2 rings (SSSR count). The fourth-order valence-electron chi connectivity index (χ4n) is 1.75. The number of hydrogen-bond donors (Lipinski definition) is 2. The van der Waals surface area contributed by atoms with E-state index >= 15 is 0 Å². The molecule has 1 heterocycles. The van der Waals surface area contributed by atoms with Gasteiger partial charge in [-0.25, -0.2) is 9.59 Å². The maximum atomic E-state index is 11.6. The highest BCUT2D eigenvalue weighted by molar-refractivity contribution is 7.21. The predicted molar refractivity (Wildman–Crippen MR) is 80.5 cm³/mol. The first-order chi connectivity index (χ1) is 10.1. The van der Waals surface area contributed by atoms with Crippen LogP contribution < -0.4 is 10.1 Å². The van der Waals surface area contributed by atoms with E-state index < -0.39 is 12.1 Å². The van der Waals surface area contributed by atoms with Crippen LogP contribution in [0.15, 0.2) is 30.9 Å². The number of thiophene rings is 1. The Labute approximate surface area is 124 Å². The van der Waals surface area contributed by atoms with Gasteiger partial charge in [-0.15, -0.1) is 11.3 Å². The Hall–Kier alpha value is -2.54. The van der Waals surface area contributed by atoms with E-state index in [1.807, 2.05) is 0 Å². The smallest absolute Gasteiger partial charge is 0.412 e. The average molecular weight is 307 g/mol. The van der Waals surface area contributed by atoms with E-state index in [1.165, 1.54) is 13.2 Å². The number of nitrogens with one attached hydrogen (secondary N) is 1. The molecule has 0 bridgehead atoms. The molecular formula is C14H13NO5S. The largest absolute Gasteiger partial charge is 0.497 e.